The van der Waals surface area contributed by atoms with Crippen molar-refractivity contribution in [3.05, 3.63) is 53.1 Å². The van der Waals surface area contributed by atoms with Gasteiger partial charge in [-0.1, -0.05) is 37.3 Å². The molecule has 0 bridgehead atoms. The molecule has 1 N–H and O–H groups in total. The Morgan fingerprint density at radius 3 is 2.40 bits per heavy atom. The summed E-state index contributed by atoms with van der Waals surface area (Å²) in [6, 6.07) is 11.9. The average Bonchev–Trinajstić information content (AvgIpc) is 2.44. The van der Waals surface area contributed by atoms with E-state index in [4.69, 9.17) is 9.84 Å². The fraction of sp³-hybridized carbons (Fsp3) is 0.235. The van der Waals surface area contributed by atoms with Crippen LogP contribution in [-0.4, -0.2) is 11.3 Å². The molecule has 3 nitrogen and oxygen atoms in total. The molecule has 0 amide bonds. The number of rotatable bonds is 3. The molecule has 0 saturated heterocycles. The fourth-order valence-corrected chi connectivity index (χ4v) is 2.38. The Kier molecular flexibility index (Phi) is 4.08. The molecule has 0 aromatic heterocycles. The Labute approximate surface area is 118 Å². The van der Waals surface area contributed by atoms with Crippen LogP contribution in [0.2, 0.25) is 0 Å². The van der Waals surface area contributed by atoms with Crippen molar-refractivity contribution >= 4 is 6.16 Å². The highest BCUT2D eigenvalue weighted by molar-refractivity contribution is 5.74. The lowest BCUT2D eigenvalue weighted by atomic mass is 9.92. The van der Waals surface area contributed by atoms with Crippen LogP contribution in [0.25, 0.3) is 11.1 Å². The average molecular weight is 270 g/mol. The Balaban J connectivity index is 2.54. The van der Waals surface area contributed by atoms with Gasteiger partial charge in [0, 0.05) is 0 Å². The van der Waals surface area contributed by atoms with Gasteiger partial charge in [-0.15, -0.1) is 0 Å². The van der Waals surface area contributed by atoms with Gasteiger partial charge in [0.2, 0.25) is 0 Å². The molecule has 2 aromatic rings. The van der Waals surface area contributed by atoms with Gasteiger partial charge in [0.1, 0.15) is 5.75 Å². The molecule has 0 aliphatic heterocycles. The molecule has 0 saturated carbocycles. The molecule has 20 heavy (non-hydrogen) atoms. The van der Waals surface area contributed by atoms with Crippen LogP contribution < -0.4 is 4.74 Å². The summed E-state index contributed by atoms with van der Waals surface area (Å²) in [5.74, 6) is 0.396. The Morgan fingerprint density at radius 2 is 1.75 bits per heavy atom. The second-order valence-corrected chi connectivity index (χ2v) is 4.74. The van der Waals surface area contributed by atoms with Gasteiger partial charge in [0.25, 0.3) is 0 Å². The van der Waals surface area contributed by atoms with Crippen molar-refractivity contribution in [3.63, 3.8) is 0 Å². The second-order valence-electron chi connectivity index (χ2n) is 4.74. The van der Waals surface area contributed by atoms with Crippen molar-refractivity contribution in [2.45, 2.75) is 27.2 Å². The van der Waals surface area contributed by atoms with E-state index in [1.54, 1.807) is 6.07 Å². The molecule has 0 fully saturated rings. The lowest BCUT2D eigenvalue weighted by molar-refractivity contribution is 0.144. The van der Waals surface area contributed by atoms with E-state index in [0.717, 1.165) is 23.1 Å². The lowest BCUT2D eigenvalue weighted by Gasteiger charge is -2.15. The zero-order valence-corrected chi connectivity index (χ0v) is 11.9. The first-order chi connectivity index (χ1) is 9.54. The molecule has 2 rings (SSSR count). The summed E-state index contributed by atoms with van der Waals surface area (Å²) in [5.41, 5.74) is 5.50. The van der Waals surface area contributed by atoms with Crippen LogP contribution in [-0.2, 0) is 6.42 Å². The molecule has 0 spiro atoms. The predicted octanol–water partition coefficient (Wildman–Crippen LogP) is 4.59. The number of carbonyl (C=O) groups is 1. The fourth-order valence-electron chi connectivity index (χ4n) is 2.38. The first-order valence-electron chi connectivity index (χ1n) is 6.63. The summed E-state index contributed by atoms with van der Waals surface area (Å²) >= 11 is 0. The highest BCUT2D eigenvalue weighted by Crippen LogP contribution is 2.33. The summed E-state index contributed by atoms with van der Waals surface area (Å²) in [6.45, 7) is 6.00. The number of carboxylic acid groups (broad SMARTS) is 1. The highest BCUT2D eigenvalue weighted by atomic mass is 16.7. The van der Waals surface area contributed by atoms with E-state index in [-0.39, 0.29) is 0 Å². The van der Waals surface area contributed by atoms with E-state index in [0.29, 0.717) is 5.75 Å². The second kappa shape index (κ2) is 5.78. The minimum absolute atomic E-state index is 0.396. The summed E-state index contributed by atoms with van der Waals surface area (Å²) in [5, 5.41) is 8.73. The van der Waals surface area contributed by atoms with Gasteiger partial charge >= 0.3 is 6.16 Å². The van der Waals surface area contributed by atoms with Crippen molar-refractivity contribution in [1.29, 1.82) is 0 Å². The van der Waals surface area contributed by atoms with Crippen LogP contribution in [0.3, 0.4) is 0 Å². The van der Waals surface area contributed by atoms with Crippen molar-refractivity contribution in [2.75, 3.05) is 0 Å². The molecular weight excluding hydrogens is 252 g/mol. The molecular formula is C17H18O3. The van der Waals surface area contributed by atoms with Crippen LogP contribution in [0.1, 0.15) is 23.6 Å². The maximum Gasteiger partial charge on any atom is 0.511 e. The summed E-state index contributed by atoms with van der Waals surface area (Å²) in [6.07, 6.45) is -0.323. The van der Waals surface area contributed by atoms with E-state index in [9.17, 15) is 4.79 Å². The molecule has 0 unspecified atom stereocenters. The molecule has 2 aromatic carbocycles. The standard InChI is InChI=1S/C17H18O3/c1-4-13-7-5-6-8-15(13)14-9-10-16(20-17(18)19)12(3)11(14)2/h5-10H,4H2,1-3H3,(H,18,19). The maximum absolute atomic E-state index is 10.7. The number of benzene rings is 2. The van der Waals surface area contributed by atoms with E-state index < -0.39 is 6.16 Å². The molecule has 0 aliphatic rings. The monoisotopic (exact) mass is 270 g/mol. The Hall–Kier alpha value is -2.29. The van der Waals surface area contributed by atoms with Crippen LogP contribution in [0.15, 0.2) is 36.4 Å². The van der Waals surface area contributed by atoms with Gasteiger partial charge in [-0.2, -0.15) is 0 Å². The largest absolute Gasteiger partial charge is 0.511 e. The zero-order valence-electron chi connectivity index (χ0n) is 11.9. The number of ether oxygens (including phenoxy) is 1. The van der Waals surface area contributed by atoms with Gasteiger partial charge in [0.05, 0.1) is 0 Å². The Bertz CT molecular complexity index is 645. The summed E-state index contributed by atoms with van der Waals surface area (Å²) < 4.78 is 4.79. The first kappa shape index (κ1) is 14.1. The molecule has 0 aliphatic carbocycles. The van der Waals surface area contributed by atoms with Crippen LogP contribution in [0, 0.1) is 13.8 Å². The third-order valence-electron chi connectivity index (χ3n) is 3.62. The Morgan fingerprint density at radius 1 is 1.05 bits per heavy atom. The van der Waals surface area contributed by atoms with E-state index in [2.05, 4.69) is 19.1 Å². The summed E-state index contributed by atoms with van der Waals surface area (Å²) in [4.78, 5) is 10.7. The quantitative estimate of drug-likeness (QED) is 0.655. The maximum atomic E-state index is 10.7. The summed E-state index contributed by atoms with van der Waals surface area (Å²) in [7, 11) is 0. The van der Waals surface area contributed by atoms with E-state index >= 15 is 0 Å². The minimum atomic E-state index is -1.28. The van der Waals surface area contributed by atoms with Gasteiger partial charge in [-0.25, -0.2) is 4.79 Å². The number of hydrogen-bond donors (Lipinski definition) is 1. The van der Waals surface area contributed by atoms with Crippen molar-refractivity contribution in [1.82, 2.24) is 0 Å². The van der Waals surface area contributed by atoms with Crippen molar-refractivity contribution in [2.24, 2.45) is 0 Å². The first-order valence-corrected chi connectivity index (χ1v) is 6.63. The van der Waals surface area contributed by atoms with E-state index in [1.165, 1.54) is 11.1 Å². The lowest BCUT2D eigenvalue weighted by Crippen LogP contribution is -2.05. The topological polar surface area (TPSA) is 46.5 Å². The SMILES string of the molecule is CCc1ccccc1-c1ccc(OC(=O)O)c(C)c1C. The van der Waals surface area contributed by atoms with E-state index in [1.807, 2.05) is 32.0 Å². The van der Waals surface area contributed by atoms with Gasteiger partial charge in [-0.3, -0.25) is 0 Å². The third-order valence-corrected chi connectivity index (χ3v) is 3.62. The smallest absolute Gasteiger partial charge is 0.449 e. The van der Waals surface area contributed by atoms with Crippen molar-refractivity contribution in [3.8, 4) is 16.9 Å². The third kappa shape index (κ3) is 2.67. The van der Waals surface area contributed by atoms with Crippen LogP contribution >= 0.6 is 0 Å². The van der Waals surface area contributed by atoms with Gasteiger partial charge in [-0.05, 0) is 54.2 Å². The minimum Gasteiger partial charge on any atom is -0.449 e. The highest BCUT2D eigenvalue weighted by Gasteiger charge is 2.12. The molecule has 0 heterocycles. The molecule has 0 radical (unpaired) electrons. The van der Waals surface area contributed by atoms with Crippen LogP contribution in [0.5, 0.6) is 5.75 Å². The number of aryl methyl sites for hydroxylation is 1. The predicted molar refractivity (Wildman–Crippen MR) is 79.4 cm³/mol. The van der Waals surface area contributed by atoms with Gasteiger partial charge < -0.3 is 9.84 Å². The van der Waals surface area contributed by atoms with Crippen molar-refractivity contribution < 1.29 is 14.6 Å². The molecule has 104 valence electrons. The molecule has 3 heteroatoms. The normalized spacial score (nSPS) is 10.3. The number of hydrogen-bond acceptors (Lipinski definition) is 2. The molecule has 0 atom stereocenters. The van der Waals surface area contributed by atoms with Gasteiger partial charge in [0.15, 0.2) is 0 Å². The van der Waals surface area contributed by atoms with Crippen LogP contribution in [0.4, 0.5) is 4.79 Å². The zero-order chi connectivity index (χ0) is 14.7.